The molecule has 1 aromatic carbocycles. The van der Waals surface area contributed by atoms with Crippen LogP contribution >= 0.6 is 0 Å². The van der Waals surface area contributed by atoms with Crippen molar-refractivity contribution in [2.75, 3.05) is 0 Å². The number of aldehydes is 1. The first-order valence-corrected chi connectivity index (χ1v) is 4.16. The van der Waals surface area contributed by atoms with Gasteiger partial charge in [-0.15, -0.1) is 0 Å². The van der Waals surface area contributed by atoms with Crippen molar-refractivity contribution >= 4 is 23.0 Å². The maximum absolute atomic E-state index is 11.1. The van der Waals surface area contributed by atoms with Crippen LogP contribution in [0.1, 0.15) is 27.8 Å². The Morgan fingerprint density at radius 2 is 2.29 bits per heavy atom. The van der Waals surface area contributed by atoms with Crippen molar-refractivity contribution in [1.82, 2.24) is 10.2 Å². The molecular weight excluding hydrogens is 180 g/mol. The summed E-state index contributed by atoms with van der Waals surface area (Å²) in [7, 11) is 0. The molecule has 4 nitrogen and oxygen atoms in total. The molecule has 0 aliphatic carbocycles. The number of Topliss-reactive ketones (excluding diaryl/α,β-unsaturated/α-hetero) is 1. The molecule has 0 aliphatic heterocycles. The second-order valence-corrected chi connectivity index (χ2v) is 3.04. The number of ketones is 1. The van der Waals surface area contributed by atoms with Crippen LogP contribution in [0.5, 0.6) is 0 Å². The molecule has 1 aromatic heterocycles. The largest absolute Gasteiger partial charge is 0.296 e. The molecular formula is C10H8N2O2. The standard InChI is InChI=1S/C10H8N2O2/c1-6(14)7-2-3-9-8(4-7)10(5-13)12-11-9/h2-5H,1H3,(H,11,12). The third-order valence-electron chi connectivity index (χ3n) is 2.11. The van der Waals surface area contributed by atoms with Crippen LogP contribution in [0.4, 0.5) is 0 Å². The fraction of sp³-hybridized carbons (Fsp3) is 0.100. The minimum atomic E-state index is -0.0232. The number of benzene rings is 1. The van der Waals surface area contributed by atoms with E-state index in [1.54, 1.807) is 18.2 Å². The lowest BCUT2D eigenvalue weighted by atomic mass is 10.1. The number of rotatable bonds is 2. The molecule has 0 aliphatic rings. The van der Waals surface area contributed by atoms with E-state index >= 15 is 0 Å². The molecule has 1 heterocycles. The monoisotopic (exact) mass is 188 g/mol. The van der Waals surface area contributed by atoms with Gasteiger partial charge in [-0.1, -0.05) is 0 Å². The highest BCUT2D eigenvalue weighted by Crippen LogP contribution is 2.16. The van der Waals surface area contributed by atoms with E-state index in [1.165, 1.54) is 6.92 Å². The van der Waals surface area contributed by atoms with Crippen LogP contribution in [0.15, 0.2) is 18.2 Å². The number of carbonyl (C=O) groups excluding carboxylic acids is 2. The van der Waals surface area contributed by atoms with E-state index in [2.05, 4.69) is 10.2 Å². The van der Waals surface area contributed by atoms with Crippen LogP contribution in [-0.2, 0) is 0 Å². The number of H-pyrrole nitrogens is 1. The summed E-state index contributed by atoms with van der Waals surface area (Å²) < 4.78 is 0. The Kier molecular flexibility index (Phi) is 1.89. The van der Waals surface area contributed by atoms with Gasteiger partial charge in [-0.3, -0.25) is 14.7 Å². The van der Waals surface area contributed by atoms with Crippen LogP contribution in [0, 0.1) is 0 Å². The van der Waals surface area contributed by atoms with E-state index in [0.717, 1.165) is 5.52 Å². The molecule has 0 atom stereocenters. The summed E-state index contributed by atoms with van der Waals surface area (Å²) in [6, 6.07) is 5.12. The molecule has 0 radical (unpaired) electrons. The molecule has 0 unspecified atom stereocenters. The van der Waals surface area contributed by atoms with Gasteiger partial charge in [0, 0.05) is 10.9 Å². The summed E-state index contributed by atoms with van der Waals surface area (Å²) in [4.78, 5) is 21.7. The third-order valence-corrected chi connectivity index (χ3v) is 2.11. The Morgan fingerprint density at radius 1 is 1.50 bits per heavy atom. The summed E-state index contributed by atoms with van der Waals surface area (Å²) in [5.41, 5.74) is 1.68. The normalized spacial score (nSPS) is 10.4. The number of hydrogen-bond acceptors (Lipinski definition) is 3. The number of carbonyl (C=O) groups is 2. The fourth-order valence-electron chi connectivity index (χ4n) is 1.34. The SMILES string of the molecule is CC(=O)c1ccc2[nH]nc(C=O)c2c1. The summed E-state index contributed by atoms with van der Waals surface area (Å²) in [6.07, 6.45) is 0.669. The first kappa shape index (κ1) is 8.62. The third kappa shape index (κ3) is 1.21. The molecule has 0 spiro atoms. The van der Waals surface area contributed by atoms with Crippen molar-refractivity contribution in [2.45, 2.75) is 6.92 Å². The Balaban J connectivity index is 2.73. The van der Waals surface area contributed by atoms with Crippen LogP contribution in [0.2, 0.25) is 0 Å². The highest BCUT2D eigenvalue weighted by Gasteiger charge is 2.06. The van der Waals surface area contributed by atoms with Gasteiger partial charge in [-0.2, -0.15) is 5.10 Å². The van der Waals surface area contributed by atoms with Gasteiger partial charge >= 0.3 is 0 Å². The summed E-state index contributed by atoms with van der Waals surface area (Å²) in [6.45, 7) is 1.49. The molecule has 1 N–H and O–H groups in total. The molecule has 14 heavy (non-hydrogen) atoms. The van der Waals surface area contributed by atoms with Gasteiger partial charge in [-0.05, 0) is 25.1 Å². The predicted octanol–water partition coefficient (Wildman–Crippen LogP) is 1.58. The lowest BCUT2D eigenvalue weighted by Crippen LogP contribution is -1.91. The van der Waals surface area contributed by atoms with E-state index < -0.39 is 0 Å². The number of nitrogens with zero attached hydrogens (tertiary/aromatic N) is 1. The minimum absolute atomic E-state index is 0.0232. The van der Waals surface area contributed by atoms with Gasteiger partial charge in [0.2, 0.25) is 0 Å². The van der Waals surface area contributed by atoms with E-state index in [4.69, 9.17) is 0 Å². The van der Waals surface area contributed by atoms with Gasteiger partial charge in [0.25, 0.3) is 0 Å². The molecule has 2 aromatic rings. The van der Waals surface area contributed by atoms with Gasteiger partial charge in [0.1, 0.15) is 5.69 Å². The highest BCUT2D eigenvalue weighted by atomic mass is 16.1. The number of nitrogens with one attached hydrogen (secondary N) is 1. The lowest BCUT2D eigenvalue weighted by Gasteiger charge is -1.94. The lowest BCUT2D eigenvalue weighted by molar-refractivity contribution is 0.101. The van der Waals surface area contributed by atoms with E-state index in [1.807, 2.05) is 0 Å². The van der Waals surface area contributed by atoms with Crippen molar-refractivity contribution in [3.8, 4) is 0 Å². The number of aromatic amines is 1. The fourth-order valence-corrected chi connectivity index (χ4v) is 1.34. The van der Waals surface area contributed by atoms with Crippen LogP contribution in [0.3, 0.4) is 0 Å². The number of hydrogen-bond donors (Lipinski definition) is 1. The van der Waals surface area contributed by atoms with Crippen molar-refractivity contribution in [2.24, 2.45) is 0 Å². The first-order chi connectivity index (χ1) is 6.72. The Morgan fingerprint density at radius 3 is 2.93 bits per heavy atom. The summed E-state index contributed by atoms with van der Waals surface area (Å²) >= 11 is 0. The molecule has 70 valence electrons. The summed E-state index contributed by atoms with van der Waals surface area (Å²) in [5, 5.41) is 7.21. The second-order valence-electron chi connectivity index (χ2n) is 3.04. The van der Waals surface area contributed by atoms with E-state index in [-0.39, 0.29) is 5.78 Å². The van der Waals surface area contributed by atoms with Gasteiger partial charge < -0.3 is 0 Å². The molecule has 2 rings (SSSR count). The van der Waals surface area contributed by atoms with E-state index in [0.29, 0.717) is 22.9 Å². The van der Waals surface area contributed by atoms with Gasteiger partial charge in [0.15, 0.2) is 12.1 Å². The number of aromatic nitrogens is 2. The van der Waals surface area contributed by atoms with Gasteiger partial charge in [-0.25, -0.2) is 0 Å². The van der Waals surface area contributed by atoms with Crippen molar-refractivity contribution < 1.29 is 9.59 Å². The van der Waals surface area contributed by atoms with Crippen LogP contribution in [-0.4, -0.2) is 22.3 Å². The van der Waals surface area contributed by atoms with Crippen molar-refractivity contribution in [1.29, 1.82) is 0 Å². The minimum Gasteiger partial charge on any atom is -0.296 e. The molecule has 0 fully saturated rings. The zero-order valence-corrected chi connectivity index (χ0v) is 7.57. The summed E-state index contributed by atoms with van der Waals surface area (Å²) in [5.74, 6) is -0.0232. The van der Waals surface area contributed by atoms with Crippen LogP contribution < -0.4 is 0 Å². The zero-order valence-electron chi connectivity index (χ0n) is 7.57. The quantitative estimate of drug-likeness (QED) is 0.574. The molecule has 0 saturated carbocycles. The Bertz CT molecular complexity index is 514. The first-order valence-electron chi connectivity index (χ1n) is 4.16. The maximum Gasteiger partial charge on any atom is 0.170 e. The average molecular weight is 188 g/mol. The van der Waals surface area contributed by atoms with Crippen molar-refractivity contribution in [3.63, 3.8) is 0 Å². The molecule has 0 bridgehead atoms. The number of fused-ring (bicyclic) bond motifs is 1. The Hall–Kier alpha value is -1.97. The molecule has 0 amide bonds. The van der Waals surface area contributed by atoms with Crippen molar-refractivity contribution in [3.05, 3.63) is 29.5 Å². The predicted molar refractivity (Wildman–Crippen MR) is 51.5 cm³/mol. The zero-order chi connectivity index (χ0) is 10.1. The Labute approximate surface area is 79.9 Å². The second kappa shape index (κ2) is 3.06. The molecule has 0 saturated heterocycles. The smallest absolute Gasteiger partial charge is 0.170 e. The van der Waals surface area contributed by atoms with Crippen LogP contribution in [0.25, 0.3) is 10.9 Å². The van der Waals surface area contributed by atoms with E-state index in [9.17, 15) is 9.59 Å². The highest BCUT2D eigenvalue weighted by molar-refractivity contribution is 6.01. The average Bonchev–Trinajstić information content (AvgIpc) is 2.59. The topological polar surface area (TPSA) is 62.8 Å². The van der Waals surface area contributed by atoms with Gasteiger partial charge in [0.05, 0.1) is 5.52 Å². The molecule has 4 heteroatoms. The maximum atomic E-state index is 11.1.